The van der Waals surface area contributed by atoms with Crippen molar-refractivity contribution in [3.63, 3.8) is 0 Å². The first-order chi connectivity index (χ1) is 11.7. The minimum atomic E-state index is -1.18. The molecule has 0 amide bonds. The van der Waals surface area contributed by atoms with Gasteiger partial charge in [0.25, 0.3) is 0 Å². The minimum Gasteiger partial charge on any atom is -0.0654 e. The number of rotatable bonds is 15. The van der Waals surface area contributed by atoms with Crippen molar-refractivity contribution in [2.75, 3.05) is 0 Å². The molecule has 0 aliphatic carbocycles. The van der Waals surface area contributed by atoms with E-state index >= 15 is 0 Å². The van der Waals surface area contributed by atoms with E-state index in [1.807, 2.05) is 0 Å². The molecule has 0 aliphatic rings. The molecule has 1 aromatic rings. The Morgan fingerprint density at radius 1 is 0.625 bits per heavy atom. The van der Waals surface area contributed by atoms with Crippen LogP contribution in [0.4, 0.5) is 0 Å². The van der Waals surface area contributed by atoms with Gasteiger partial charge in [0.15, 0.2) is 0 Å². The molecule has 0 aliphatic heterocycles. The fraction of sp³-hybridized carbons (Fsp3) is 0.696. The molecular weight excluding hydrogens is 304 g/mol. The molecule has 0 heterocycles. The first-order valence-electron chi connectivity index (χ1n) is 10.5. The quantitative estimate of drug-likeness (QED) is 0.228. The molecule has 0 saturated carbocycles. The molecule has 0 nitrogen and oxygen atoms in total. The Kier molecular flexibility index (Phi) is 12.3. The molecule has 1 heteroatoms. The van der Waals surface area contributed by atoms with Crippen molar-refractivity contribution in [2.24, 2.45) is 0 Å². The van der Waals surface area contributed by atoms with Gasteiger partial charge in [0, 0.05) is 0 Å². The summed E-state index contributed by atoms with van der Waals surface area (Å²) in [6.45, 7) is 8.96. The van der Waals surface area contributed by atoms with Crippen molar-refractivity contribution in [1.29, 1.82) is 0 Å². The van der Waals surface area contributed by atoms with Crippen LogP contribution in [0.5, 0.6) is 0 Å². The lowest BCUT2D eigenvalue weighted by Gasteiger charge is -2.22. The topological polar surface area (TPSA) is 0 Å². The predicted octanol–water partition coefficient (Wildman–Crippen LogP) is 7.51. The summed E-state index contributed by atoms with van der Waals surface area (Å²) in [4.78, 5) is 0. The van der Waals surface area contributed by atoms with Crippen LogP contribution in [-0.4, -0.2) is 8.07 Å². The lowest BCUT2D eigenvalue weighted by Crippen LogP contribution is -2.40. The Morgan fingerprint density at radius 3 is 1.50 bits per heavy atom. The van der Waals surface area contributed by atoms with E-state index in [1.165, 1.54) is 83.1 Å². The molecule has 0 N–H and O–H groups in total. The second-order valence-electron chi connectivity index (χ2n) is 8.10. The summed E-state index contributed by atoms with van der Waals surface area (Å²) in [7, 11) is -1.18. The van der Waals surface area contributed by atoms with Gasteiger partial charge in [-0.15, -0.1) is 0 Å². The third-order valence-electron chi connectivity index (χ3n) is 5.36. The van der Waals surface area contributed by atoms with Gasteiger partial charge in [-0.05, 0) is 0 Å². The molecule has 1 rings (SSSR count). The number of benzene rings is 1. The average molecular weight is 346 g/mol. The smallest absolute Gasteiger partial charge is 0.0654 e. The summed E-state index contributed by atoms with van der Waals surface area (Å²) in [5.41, 5.74) is 0. The van der Waals surface area contributed by atoms with Crippen LogP contribution in [0.15, 0.2) is 30.3 Å². The van der Waals surface area contributed by atoms with Gasteiger partial charge in [0.1, 0.15) is 0 Å². The van der Waals surface area contributed by atoms with Gasteiger partial charge in [-0.3, -0.25) is 0 Å². The number of hydrogen-bond donors (Lipinski definition) is 0. The van der Waals surface area contributed by atoms with Crippen molar-refractivity contribution in [3.8, 4) is 0 Å². The zero-order chi connectivity index (χ0) is 17.5. The van der Waals surface area contributed by atoms with Gasteiger partial charge in [0.2, 0.25) is 0 Å². The first kappa shape index (κ1) is 21.5. The molecule has 0 atom stereocenters. The van der Waals surface area contributed by atoms with Crippen LogP contribution in [0, 0.1) is 6.92 Å². The van der Waals surface area contributed by atoms with Gasteiger partial charge >= 0.3 is 0 Å². The largest absolute Gasteiger partial charge is 0.0806 e. The Bertz CT molecular complexity index is 382. The number of hydrogen-bond acceptors (Lipinski definition) is 0. The molecule has 24 heavy (non-hydrogen) atoms. The van der Waals surface area contributed by atoms with Crippen LogP contribution in [0.2, 0.25) is 19.1 Å². The van der Waals surface area contributed by atoms with E-state index in [-0.39, 0.29) is 0 Å². The molecule has 0 bridgehead atoms. The zero-order valence-electron chi connectivity index (χ0n) is 16.5. The first-order valence-corrected chi connectivity index (χ1v) is 13.7. The van der Waals surface area contributed by atoms with E-state index in [0.717, 1.165) is 6.42 Å². The van der Waals surface area contributed by atoms with Crippen LogP contribution in [0.25, 0.3) is 0 Å². The molecule has 137 valence electrons. The summed E-state index contributed by atoms with van der Waals surface area (Å²) in [5, 5.41) is 1.63. The van der Waals surface area contributed by atoms with Crippen molar-refractivity contribution in [1.82, 2.24) is 0 Å². The van der Waals surface area contributed by atoms with Crippen molar-refractivity contribution >= 4 is 13.3 Å². The third kappa shape index (κ3) is 10.3. The lowest BCUT2D eigenvalue weighted by molar-refractivity contribution is 0.544. The molecule has 0 spiro atoms. The van der Waals surface area contributed by atoms with Gasteiger partial charge in [-0.25, -0.2) is 0 Å². The van der Waals surface area contributed by atoms with Gasteiger partial charge in [0.05, 0.1) is 8.07 Å². The maximum atomic E-state index is 3.91. The monoisotopic (exact) mass is 345 g/mol. The Hall–Kier alpha value is -0.563. The van der Waals surface area contributed by atoms with E-state index < -0.39 is 8.07 Å². The van der Waals surface area contributed by atoms with Crippen LogP contribution in [-0.2, 0) is 0 Å². The molecule has 0 saturated heterocycles. The Balaban J connectivity index is 1.90. The summed E-state index contributed by atoms with van der Waals surface area (Å²) in [6, 6.07) is 12.7. The van der Waals surface area contributed by atoms with E-state index in [2.05, 4.69) is 50.3 Å². The zero-order valence-corrected chi connectivity index (χ0v) is 17.5. The highest BCUT2D eigenvalue weighted by Gasteiger charge is 2.21. The van der Waals surface area contributed by atoms with Crippen molar-refractivity contribution in [2.45, 2.75) is 103 Å². The normalized spacial score (nSPS) is 11.8. The van der Waals surface area contributed by atoms with E-state index in [0.29, 0.717) is 0 Å². The molecule has 1 radical (unpaired) electrons. The van der Waals surface area contributed by atoms with Crippen molar-refractivity contribution in [3.05, 3.63) is 37.3 Å². The Labute approximate surface area is 153 Å². The van der Waals surface area contributed by atoms with Crippen LogP contribution in [0.3, 0.4) is 0 Å². The van der Waals surface area contributed by atoms with Gasteiger partial charge in [-0.2, -0.15) is 0 Å². The maximum absolute atomic E-state index is 3.91. The number of unbranched alkanes of at least 4 members (excludes halogenated alkanes) is 12. The predicted molar refractivity (Wildman–Crippen MR) is 114 cm³/mol. The highest BCUT2D eigenvalue weighted by Crippen LogP contribution is 2.17. The summed E-state index contributed by atoms with van der Waals surface area (Å²) < 4.78 is 0. The maximum Gasteiger partial charge on any atom is 0.0806 e. The SMILES string of the molecule is [CH2]CCCCCCCCCCCCCC[Si](C)(C)c1ccccc1. The summed E-state index contributed by atoms with van der Waals surface area (Å²) in [5.74, 6) is 0. The molecule has 0 aromatic heterocycles. The van der Waals surface area contributed by atoms with Gasteiger partial charge < -0.3 is 0 Å². The molecule has 1 aromatic carbocycles. The van der Waals surface area contributed by atoms with Crippen LogP contribution >= 0.6 is 0 Å². The fourth-order valence-electron chi connectivity index (χ4n) is 3.55. The third-order valence-corrected chi connectivity index (χ3v) is 8.86. The van der Waals surface area contributed by atoms with Crippen molar-refractivity contribution < 1.29 is 0 Å². The molecule has 0 unspecified atom stereocenters. The Morgan fingerprint density at radius 2 is 1.04 bits per heavy atom. The van der Waals surface area contributed by atoms with Gasteiger partial charge in [-0.1, -0.05) is 145 Å². The highest BCUT2D eigenvalue weighted by molar-refractivity contribution is 6.89. The van der Waals surface area contributed by atoms with E-state index in [1.54, 1.807) is 5.19 Å². The molecule has 0 fully saturated rings. The fourth-order valence-corrected chi connectivity index (χ4v) is 6.06. The summed E-state index contributed by atoms with van der Waals surface area (Å²) in [6.07, 6.45) is 18.3. The van der Waals surface area contributed by atoms with Crippen LogP contribution < -0.4 is 5.19 Å². The van der Waals surface area contributed by atoms with E-state index in [4.69, 9.17) is 0 Å². The van der Waals surface area contributed by atoms with Crippen LogP contribution in [0.1, 0.15) is 83.5 Å². The minimum absolute atomic E-state index is 1.12. The second kappa shape index (κ2) is 13.7. The summed E-state index contributed by atoms with van der Waals surface area (Å²) >= 11 is 0. The molecular formula is C23H41Si. The average Bonchev–Trinajstić information content (AvgIpc) is 2.60. The van der Waals surface area contributed by atoms with E-state index in [9.17, 15) is 0 Å². The second-order valence-corrected chi connectivity index (χ2v) is 12.9. The highest BCUT2D eigenvalue weighted by atomic mass is 28.3. The standard InChI is InChI=1S/C23H41Si/c1-4-5-6-7-8-9-10-11-12-13-14-15-19-22-24(2,3)23-20-17-16-18-21-23/h16-18,20-21H,1,4-15,19,22H2,2-3H3. The lowest BCUT2D eigenvalue weighted by atomic mass is 10.1.